The van der Waals surface area contributed by atoms with Crippen LogP contribution in [0.5, 0.6) is 5.75 Å². The summed E-state index contributed by atoms with van der Waals surface area (Å²) in [5.41, 5.74) is 1.27. The van der Waals surface area contributed by atoms with Crippen LogP contribution in [0.4, 0.5) is 0 Å². The minimum atomic E-state index is 1.01. The molecular formula is C13H14O. The summed E-state index contributed by atoms with van der Waals surface area (Å²) >= 11 is 0. The summed E-state index contributed by atoms with van der Waals surface area (Å²) < 4.78 is 5.45. The van der Waals surface area contributed by atoms with Crippen molar-refractivity contribution in [2.75, 3.05) is 7.11 Å². The van der Waals surface area contributed by atoms with Gasteiger partial charge in [-0.05, 0) is 17.4 Å². The number of methoxy groups -OCH3 is 1. The zero-order valence-corrected chi connectivity index (χ0v) is 8.58. The van der Waals surface area contributed by atoms with Crippen LogP contribution in [0.3, 0.4) is 0 Å². The lowest BCUT2D eigenvalue weighted by Crippen LogP contribution is -1.91. The maximum Gasteiger partial charge on any atom is 0.129 e. The zero-order valence-electron chi connectivity index (χ0n) is 8.58. The fourth-order valence-electron chi connectivity index (χ4n) is 1.81. The third-order valence-electron chi connectivity index (χ3n) is 2.55. The van der Waals surface area contributed by atoms with Crippen molar-refractivity contribution in [2.24, 2.45) is 0 Å². The van der Waals surface area contributed by atoms with Crippen molar-refractivity contribution in [1.29, 1.82) is 0 Å². The van der Waals surface area contributed by atoms with E-state index < -0.39 is 0 Å². The SMILES string of the molecule is CCc1ccc2ccccc2c1OC. The van der Waals surface area contributed by atoms with Gasteiger partial charge in [-0.2, -0.15) is 0 Å². The molecule has 14 heavy (non-hydrogen) atoms. The van der Waals surface area contributed by atoms with Crippen LogP contribution >= 0.6 is 0 Å². The van der Waals surface area contributed by atoms with Crippen LogP contribution in [0, 0.1) is 0 Å². The van der Waals surface area contributed by atoms with Gasteiger partial charge in [-0.1, -0.05) is 43.3 Å². The molecule has 2 aromatic carbocycles. The smallest absolute Gasteiger partial charge is 0.129 e. The molecule has 0 N–H and O–H groups in total. The van der Waals surface area contributed by atoms with Crippen LogP contribution < -0.4 is 4.74 Å². The predicted octanol–water partition coefficient (Wildman–Crippen LogP) is 3.41. The van der Waals surface area contributed by atoms with E-state index in [0.29, 0.717) is 0 Å². The molecule has 0 bridgehead atoms. The number of aryl methyl sites for hydroxylation is 1. The molecule has 72 valence electrons. The monoisotopic (exact) mass is 186 g/mol. The predicted molar refractivity (Wildman–Crippen MR) is 59.9 cm³/mol. The van der Waals surface area contributed by atoms with Crippen molar-refractivity contribution < 1.29 is 4.74 Å². The first kappa shape index (κ1) is 9.07. The van der Waals surface area contributed by atoms with E-state index in [2.05, 4.69) is 31.2 Å². The first-order valence-electron chi connectivity index (χ1n) is 4.91. The molecule has 0 atom stereocenters. The molecule has 0 aromatic heterocycles. The summed E-state index contributed by atoms with van der Waals surface area (Å²) in [5.74, 6) is 1.02. The van der Waals surface area contributed by atoms with E-state index in [1.54, 1.807) is 7.11 Å². The van der Waals surface area contributed by atoms with Crippen molar-refractivity contribution >= 4 is 10.8 Å². The van der Waals surface area contributed by atoms with Crippen LogP contribution in [0.15, 0.2) is 36.4 Å². The Kier molecular flexibility index (Phi) is 2.40. The molecule has 0 spiro atoms. The van der Waals surface area contributed by atoms with Crippen molar-refractivity contribution in [2.45, 2.75) is 13.3 Å². The van der Waals surface area contributed by atoms with Gasteiger partial charge >= 0.3 is 0 Å². The molecule has 1 heteroatoms. The molecule has 0 fully saturated rings. The second-order valence-electron chi connectivity index (χ2n) is 3.33. The molecule has 0 amide bonds. The van der Waals surface area contributed by atoms with Crippen molar-refractivity contribution in [3.05, 3.63) is 42.0 Å². The van der Waals surface area contributed by atoms with Gasteiger partial charge in [0.05, 0.1) is 7.11 Å². The Balaban J connectivity index is 2.77. The van der Waals surface area contributed by atoms with Gasteiger partial charge in [0.15, 0.2) is 0 Å². The second kappa shape index (κ2) is 3.70. The maximum absolute atomic E-state index is 5.45. The molecule has 0 aliphatic carbocycles. The average molecular weight is 186 g/mol. The largest absolute Gasteiger partial charge is 0.496 e. The van der Waals surface area contributed by atoms with E-state index in [9.17, 15) is 0 Å². The molecule has 0 unspecified atom stereocenters. The number of hydrogen-bond donors (Lipinski definition) is 0. The summed E-state index contributed by atoms with van der Waals surface area (Å²) in [6.45, 7) is 2.15. The number of hydrogen-bond acceptors (Lipinski definition) is 1. The Morgan fingerprint density at radius 1 is 1.07 bits per heavy atom. The Hall–Kier alpha value is -1.50. The highest BCUT2D eigenvalue weighted by molar-refractivity contribution is 5.89. The van der Waals surface area contributed by atoms with Crippen LogP contribution in [-0.2, 0) is 6.42 Å². The van der Waals surface area contributed by atoms with Crippen LogP contribution in [0.1, 0.15) is 12.5 Å². The highest BCUT2D eigenvalue weighted by atomic mass is 16.5. The van der Waals surface area contributed by atoms with Crippen molar-refractivity contribution in [3.8, 4) is 5.75 Å². The summed E-state index contributed by atoms with van der Waals surface area (Å²) in [4.78, 5) is 0. The Morgan fingerprint density at radius 3 is 2.57 bits per heavy atom. The number of fused-ring (bicyclic) bond motifs is 1. The lowest BCUT2D eigenvalue weighted by Gasteiger charge is -2.09. The Labute approximate surface area is 84.3 Å². The van der Waals surface area contributed by atoms with E-state index in [0.717, 1.165) is 12.2 Å². The number of ether oxygens (including phenoxy) is 1. The van der Waals surface area contributed by atoms with Gasteiger partial charge in [0.25, 0.3) is 0 Å². The summed E-state index contributed by atoms with van der Waals surface area (Å²) in [5, 5.41) is 2.44. The van der Waals surface area contributed by atoms with E-state index in [4.69, 9.17) is 4.74 Å². The molecule has 0 heterocycles. The maximum atomic E-state index is 5.45. The van der Waals surface area contributed by atoms with Gasteiger partial charge in [0, 0.05) is 5.39 Å². The molecule has 0 saturated carbocycles. The van der Waals surface area contributed by atoms with E-state index in [1.165, 1.54) is 16.3 Å². The molecule has 2 aromatic rings. The van der Waals surface area contributed by atoms with E-state index in [-0.39, 0.29) is 0 Å². The minimum absolute atomic E-state index is 1.01. The van der Waals surface area contributed by atoms with E-state index in [1.807, 2.05) is 12.1 Å². The second-order valence-corrected chi connectivity index (χ2v) is 3.33. The fraction of sp³-hybridized carbons (Fsp3) is 0.231. The van der Waals surface area contributed by atoms with Crippen LogP contribution in [0.2, 0.25) is 0 Å². The highest BCUT2D eigenvalue weighted by Gasteiger charge is 2.05. The summed E-state index contributed by atoms with van der Waals surface area (Å²) in [6, 6.07) is 12.6. The zero-order chi connectivity index (χ0) is 9.97. The number of rotatable bonds is 2. The van der Waals surface area contributed by atoms with Gasteiger partial charge < -0.3 is 4.74 Å². The third kappa shape index (κ3) is 1.35. The van der Waals surface area contributed by atoms with E-state index >= 15 is 0 Å². The molecule has 0 aliphatic heterocycles. The van der Waals surface area contributed by atoms with Crippen molar-refractivity contribution in [1.82, 2.24) is 0 Å². The van der Waals surface area contributed by atoms with Gasteiger partial charge in [0.1, 0.15) is 5.75 Å². The topological polar surface area (TPSA) is 9.23 Å². The standard InChI is InChI=1S/C13H14O/c1-3-10-8-9-11-6-4-5-7-12(11)13(10)14-2/h4-9H,3H2,1-2H3. The van der Waals surface area contributed by atoms with Gasteiger partial charge in [0.2, 0.25) is 0 Å². The molecule has 2 rings (SSSR count). The Bertz CT molecular complexity index is 446. The molecular weight excluding hydrogens is 172 g/mol. The highest BCUT2D eigenvalue weighted by Crippen LogP contribution is 2.29. The molecule has 0 saturated heterocycles. The molecule has 0 aliphatic rings. The lowest BCUT2D eigenvalue weighted by molar-refractivity contribution is 0.415. The number of benzene rings is 2. The van der Waals surface area contributed by atoms with Crippen LogP contribution in [-0.4, -0.2) is 7.11 Å². The molecule has 1 nitrogen and oxygen atoms in total. The quantitative estimate of drug-likeness (QED) is 0.698. The van der Waals surface area contributed by atoms with Gasteiger partial charge in [-0.3, -0.25) is 0 Å². The van der Waals surface area contributed by atoms with Gasteiger partial charge in [-0.15, -0.1) is 0 Å². The fourth-order valence-corrected chi connectivity index (χ4v) is 1.81. The molecule has 0 radical (unpaired) electrons. The Morgan fingerprint density at radius 2 is 1.86 bits per heavy atom. The third-order valence-corrected chi connectivity index (χ3v) is 2.55. The van der Waals surface area contributed by atoms with Gasteiger partial charge in [-0.25, -0.2) is 0 Å². The average Bonchev–Trinajstić information content (AvgIpc) is 2.27. The normalized spacial score (nSPS) is 10.4. The minimum Gasteiger partial charge on any atom is -0.496 e. The first-order valence-corrected chi connectivity index (χ1v) is 4.91. The lowest BCUT2D eigenvalue weighted by atomic mass is 10.0. The first-order chi connectivity index (χ1) is 6.86. The summed E-state index contributed by atoms with van der Waals surface area (Å²) in [7, 11) is 1.74. The van der Waals surface area contributed by atoms with Crippen molar-refractivity contribution in [3.63, 3.8) is 0 Å². The summed E-state index contributed by atoms with van der Waals surface area (Å²) in [6.07, 6.45) is 1.01. The van der Waals surface area contributed by atoms with Crippen LogP contribution in [0.25, 0.3) is 10.8 Å².